The van der Waals surface area contributed by atoms with Crippen molar-refractivity contribution >= 4 is 23.8 Å². The van der Waals surface area contributed by atoms with Crippen molar-refractivity contribution in [1.29, 1.82) is 0 Å². The number of hydrogen-bond acceptors (Lipinski definition) is 5. The van der Waals surface area contributed by atoms with Crippen molar-refractivity contribution in [3.05, 3.63) is 35.9 Å². The summed E-state index contributed by atoms with van der Waals surface area (Å²) >= 11 is 0. The van der Waals surface area contributed by atoms with Gasteiger partial charge in [0.2, 0.25) is 17.7 Å². The number of amides is 4. The van der Waals surface area contributed by atoms with Crippen LogP contribution in [0.25, 0.3) is 0 Å². The van der Waals surface area contributed by atoms with Gasteiger partial charge in [-0.15, -0.1) is 0 Å². The molecule has 0 radical (unpaired) electrons. The lowest BCUT2D eigenvalue weighted by molar-refractivity contribution is -0.132. The average molecular weight is 463 g/mol. The Morgan fingerprint density at radius 1 is 0.879 bits per heavy atom. The second-order valence-electron chi connectivity index (χ2n) is 9.83. The Hall–Kier alpha value is -3.10. The second-order valence-corrected chi connectivity index (χ2v) is 9.83. The summed E-state index contributed by atoms with van der Waals surface area (Å²) in [7, 11) is 0. The molecule has 0 saturated carbocycles. The Labute approximate surface area is 196 Å². The maximum Gasteiger partial charge on any atom is 0.407 e. The van der Waals surface area contributed by atoms with E-state index < -0.39 is 29.2 Å². The van der Waals surface area contributed by atoms with E-state index in [0.717, 1.165) is 5.56 Å². The number of nitrogens with one attached hydrogen (secondary N) is 4. The van der Waals surface area contributed by atoms with Crippen LogP contribution in [0.15, 0.2) is 30.3 Å². The number of rotatable bonds is 10. The molecule has 33 heavy (non-hydrogen) atoms. The van der Waals surface area contributed by atoms with Gasteiger partial charge >= 0.3 is 6.09 Å². The third-order valence-corrected chi connectivity index (χ3v) is 4.13. The zero-order chi connectivity index (χ0) is 25.1. The lowest BCUT2D eigenvalue weighted by atomic mass is 10.1. The molecule has 0 aliphatic carbocycles. The molecule has 4 amide bonds. The Balaban J connectivity index is 2.62. The zero-order valence-electron chi connectivity index (χ0n) is 20.5. The first-order chi connectivity index (χ1) is 15.2. The largest absolute Gasteiger partial charge is 0.444 e. The lowest BCUT2D eigenvalue weighted by Gasteiger charge is -2.23. The van der Waals surface area contributed by atoms with Crippen molar-refractivity contribution in [2.75, 3.05) is 13.1 Å². The van der Waals surface area contributed by atoms with E-state index in [1.165, 1.54) is 0 Å². The molecule has 0 fully saturated rings. The van der Waals surface area contributed by atoms with Gasteiger partial charge in [0.1, 0.15) is 11.6 Å². The monoisotopic (exact) mass is 462 g/mol. The quantitative estimate of drug-likeness (QED) is 0.396. The highest BCUT2D eigenvalue weighted by atomic mass is 16.6. The SMILES string of the molecule is CC(C)(C)NC(=O)C[C@H](NC(=O)CCc1ccccc1)C(=O)NCCNC(=O)OC(C)(C)C. The molecular weight excluding hydrogens is 424 g/mol. The highest BCUT2D eigenvalue weighted by Crippen LogP contribution is 2.06. The summed E-state index contributed by atoms with van der Waals surface area (Å²) in [5.74, 6) is -1.18. The zero-order valence-corrected chi connectivity index (χ0v) is 20.5. The molecule has 0 spiro atoms. The summed E-state index contributed by atoms with van der Waals surface area (Å²) in [4.78, 5) is 49.2. The topological polar surface area (TPSA) is 126 Å². The predicted octanol–water partition coefficient (Wildman–Crippen LogP) is 2.05. The highest BCUT2D eigenvalue weighted by molar-refractivity contribution is 5.92. The van der Waals surface area contributed by atoms with Crippen LogP contribution < -0.4 is 21.3 Å². The second kappa shape index (κ2) is 12.8. The third-order valence-electron chi connectivity index (χ3n) is 4.13. The van der Waals surface area contributed by atoms with Gasteiger partial charge in [0, 0.05) is 25.0 Å². The van der Waals surface area contributed by atoms with Gasteiger partial charge in [-0.1, -0.05) is 30.3 Å². The number of aryl methyl sites for hydroxylation is 1. The van der Waals surface area contributed by atoms with Crippen LogP contribution in [-0.4, -0.2) is 54.1 Å². The van der Waals surface area contributed by atoms with Crippen LogP contribution in [0.2, 0.25) is 0 Å². The Bertz CT molecular complexity index is 797. The van der Waals surface area contributed by atoms with E-state index in [4.69, 9.17) is 4.74 Å². The van der Waals surface area contributed by atoms with E-state index in [1.54, 1.807) is 20.8 Å². The van der Waals surface area contributed by atoms with Crippen molar-refractivity contribution in [2.45, 2.75) is 78.0 Å². The van der Waals surface area contributed by atoms with E-state index >= 15 is 0 Å². The van der Waals surface area contributed by atoms with Crippen molar-refractivity contribution < 1.29 is 23.9 Å². The molecule has 9 heteroatoms. The third kappa shape index (κ3) is 13.8. The van der Waals surface area contributed by atoms with Crippen molar-refractivity contribution in [1.82, 2.24) is 21.3 Å². The summed E-state index contributed by atoms with van der Waals surface area (Å²) in [5, 5.41) is 10.6. The molecule has 0 aliphatic rings. The van der Waals surface area contributed by atoms with Gasteiger partial charge in [-0.2, -0.15) is 0 Å². The van der Waals surface area contributed by atoms with E-state index in [-0.39, 0.29) is 37.7 Å². The average Bonchev–Trinajstić information content (AvgIpc) is 2.67. The smallest absolute Gasteiger partial charge is 0.407 e. The van der Waals surface area contributed by atoms with Crippen LogP contribution in [0.4, 0.5) is 4.79 Å². The van der Waals surface area contributed by atoms with Crippen molar-refractivity contribution in [2.24, 2.45) is 0 Å². The minimum absolute atomic E-state index is 0.120. The van der Waals surface area contributed by atoms with Crippen molar-refractivity contribution in [3.8, 4) is 0 Å². The summed E-state index contributed by atoms with van der Waals surface area (Å²) in [6.45, 7) is 11.0. The molecule has 1 rings (SSSR count). The Kier molecular flexibility index (Phi) is 10.8. The molecule has 1 aromatic carbocycles. The van der Waals surface area contributed by atoms with Crippen LogP contribution in [0.3, 0.4) is 0 Å². The number of ether oxygens (including phenoxy) is 1. The van der Waals surface area contributed by atoms with Gasteiger partial charge in [-0.05, 0) is 53.5 Å². The standard InChI is InChI=1S/C24H38N4O5/c1-23(2,3)28-20(30)16-18(27-19(29)13-12-17-10-8-7-9-11-17)21(31)25-14-15-26-22(32)33-24(4,5)6/h7-11,18H,12-16H2,1-6H3,(H,25,31)(H,26,32)(H,27,29)(H,28,30)/t18-/m0/s1. The molecule has 184 valence electrons. The molecule has 9 nitrogen and oxygen atoms in total. The Morgan fingerprint density at radius 2 is 1.48 bits per heavy atom. The molecule has 0 bridgehead atoms. The van der Waals surface area contributed by atoms with Gasteiger partial charge in [0.15, 0.2) is 0 Å². The maximum atomic E-state index is 12.7. The van der Waals surface area contributed by atoms with E-state index in [0.29, 0.717) is 6.42 Å². The minimum Gasteiger partial charge on any atom is -0.444 e. The first-order valence-corrected chi connectivity index (χ1v) is 11.1. The van der Waals surface area contributed by atoms with E-state index in [9.17, 15) is 19.2 Å². The van der Waals surface area contributed by atoms with Crippen LogP contribution in [0.1, 0.15) is 59.9 Å². The summed E-state index contributed by atoms with van der Waals surface area (Å²) in [6, 6.07) is 8.50. The Morgan fingerprint density at radius 3 is 2.06 bits per heavy atom. The molecular formula is C24H38N4O5. The summed E-state index contributed by atoms with van der Waals surface area (Å²) < 4.78 is 5.13. The van der Waals surface area contributed by atoms with Crippen LogP contribution >= 0.6 is 0 Å². The van der Waals surface area contributed by atoms with Gasteiger partial charge in [0.25, 0.3) is 0 Å². The van der Waals surface area contributed by atoms with Crippen LogP contribution in [-0.2, 0) is 25.5 Å². The molecule has 1 atom stereocenters. The summed E-state index contributed by atoms with van der Waals surface area (Å²) in [5.41, 5.74) is -0.0809. The van der Waals surface area contributed by atoms with E-state index in [2.05, 4.69) is 21.3 Å². The van der Waals surface area contributed by atoms with Crippen molar-refractivity contribution in [3.63, 3.8) is 0 Å². The predicted molar refractivity (Wildman–Crippen MR) is 126 cm³/mol. The number of carbonyl (C=O) groups excluding carboxylic acids is 4. The number of benzene rings is 1. The number of alkyl carbamates (subject to hydrolysis) is 1. The number of carbonyl (C=O) groups is 4. The fraction of sp³-hybridized carbons (Fsp3) is 0.583. The van der Waals surface area contributed by atoms with Gasteiger partial charge < -0.3 is 26.0 Å². The van der Waals surface area contributed by atoms with Crippen LogP contribution in [0, 0.1) is 0 Å². The fourth-order valence-corrected chi connectivity index (χ4v) is 2.82. The molecule has 0 unspecified atom stereocenters. The number of hydrogen-bond donors (Lipinski definition) is 4. The first kappa shape index (κ1) is 27.9. The maximum absolute atomic E-state index is 12.7. The minimum atomic E-state index is -1.03. The van der Waals surface area contributed by atoms with Crippen LogP contribution in [0.5, 0.6) is 0 Å². The fourth-order valence-electron chi connectivity index (χ4n) is 2.82. The molecule has 0 aromatic heterocycles. The molecule has 1 aromatic rings. The molecule has 0 heterocycles. The lowest BCUT2D eigenvalue weighted by Crippen LogP contribution is -2.51. The highest BCUT2D eigenvalue weighted by Gasteiger charge is 2.25. The van der Waals surface area contributed by atoms with Gasteiger partial charge in [-0.25, -0.2) is 4.79 Å². The first-order valence-electron chi connectivity index (χ1n) is 11.1. The van der Waals surface area contributed by atoms with Gasteiger partial charge in [0.05, 0.1) is 6.42 Å². The van der Waals surface area contributed by atoms with Gasteiger partial charge in [-0.3, -0.25) is 14.4 Å². The summed E-state index contributed by atoms with van der Waals surface area (Å²) in [6.07, 6.45) is -0.0733. The molecule has 0 saturated heterocycles. The molecule has 0 aliphatic heterocycles. The van der Waals surface area contributed by atoms with E-state index in [1.807, 2.05) is 51.1 Å². The molecule has 4 N–H and O–H groups in total. The normalized spacial score (nSPS) is 12.3.